The van der Waals surface area contributed by atoms with Crippen LogP contribution in [0.4, 0.5) is 5.69 Å². The highest BCUT2D eigenvalue weighted by atomic mass is 79.9. The fourth-order valence-electron chi connectivity index (χ4n) is 1.61. The van der Waals surface area contributed by atoms with Gasteiger partial charge in [0.2, 0.25) is 10.0 Å². The van der Waals surface area contributed by atoms with Crippen molar-refractivity contribution in [1.29, 1.82) is 0 Å². The minimum atomic E-state index is -4.00. The zero-order chi connectivity index (χ0) is 15.6. The Morgan fingerprint density at radius 2 is 1.85 bits per heavy atom. The molecule has 9 heteroatoms. The van der Waals surface area contributed by atoms with Crippen LogP contribution in [0.25, 0.3) is 0 Å². The summed E-state index contributed by atoms with van der Waals surface area (Å²) < 4.78 is 28.1. The third-order valence-electron chi connectivity index (χ3n) is 2.94. The van der Waals surface area contributed by atoms with Gasteiger partial charge in [-0.3, -0.25) is 0 Å². The maximum Gasteiger partial charge on any atom is 0.244 e. The molecular weight excluding hydrogens is 416 g/mol. The van der Waals surface area contributed by atoms with E-state index in [1.807, 2.05) is 0 Å². The maximum absolute atomic E-state index is 12.4. The number of nitrogens with two attached hydrogens (primary N) is 1. The van der Waals surface area contributed by atoms with Crippen molar-refractivity contribution in [1.82, 2.24) is 4.72 Å². The van der Waals surface area contributed by atoms with E-state index >= 15 is 0 Å². The molecule has 5 N–H and O–H groups in total. The minimum Gasteiger partial charge on any atom is -0.398 e. The van der Waals surface area contributed by atoms with Crippen LogP contribution in [0, 0.1) is 0 Å². The van der Waals surface area contributed by atoms with Crippen molar-refractivity contribution < 1.29 is 18.6 Å². The van der Waals surface area contributed by atoms with Gasteiger partial charge in [-0.1, -0.05) is 22.9 Å². The van der Waals surface area contributed by atoms with Gasteiger partial charge in [0.25, 0.3) is 0 Å². The van der Waals surface area contributed by atoms with Gasteiger partial charge < -0.3 is 15.9 Å². The number of nitrogen functional groups attached to an aromatic ring is 1. The second-order valence-corrected chi connectivity index (χ2v) is 7.75. The minimum absolute atomic E-state index is 0.0552. The van der Waals surface area contributed by atoms with E-state index in [4.69, 9.17) is 5.73 Å². The van der Waals surface area contributed by atoms with E-state index in [1.165, 1.54) is 6.07 Å². The number of halogens is 2. The normalized spacial score (nSPS) is 12.7. The first kappa shape index (κ1) is 17.9. The molecule has 0 heterocycles. The van der Waals surface area contributed by atoms with Crippen LogP contribution >= 0.6 is 31.9 Å². The third-order valence-corrected chi connectivity index (χ3v) is 5.98. The molecule has 0 saturated carbocycles. The SMILES string of the molecule is CCC(CO)(CO)NS(=O)(=O)c1c(N)cc(Br)cc1Br. The Morgan fingerprint density at radius 1 is 1.30 bits per heavy atom. The molecule has 0 atom stereocenters. The summed E-state index contributed by atoms with van der Waals surface area (Å²) in [6, 6.07) is 3.02. The third kappa shape index (κ3) is 3.71. The van der Waals surface area contributed by atoms with Crippen molar-refractivity contribution in [2.24, 2.45) is 0 Å². The smallest absolute Gasteiger partial charge is 0.244 e. The molecule has 6 nitrogen and oxygen atoms in total. The van der Waals surface area contributed by atoms with Crippen LogP contribution in [-0.2, 0) is 10.0 Å². The highest BCUT2D eigenvalue weighted by Crippen LogP contribution is 2.32. The molecule has 0 fully saturated rings. The molecule has 1 aromatic carbocycles. The maximum atomic E-state index is 12.4. The van der Waals surface area contributed by atoms with Gasteiger partial charge in [-0.25, -0.2) is 13.1 Å². The first-order chi connectivity index (χ1) is 9.21. The number of aliphatic hydroxyl groups is 2. The van der Waals surface area contributed by atoms with Gasteiger partial charge in [-0.2, -0.15) is 0 Å². The van der Waals surface area contributed by atoms with E-state index in [9.17, 15) is 18.6 Å². The number of anilines is 1. The Kier molecular flexibility index (Phi) is 6.00. The van der Waals surface area contributed by atoms with Crippen molar-refractivity contribution >= 4 is 47.6 Å². The number of aliphatic hydroxyl groups excluding tert-OH is 2. The number of nitrogens with one attached hydrogen (secondary N) is 1. The highest BCUT2D eigenvalue weighted by Gasteiger charge is 2.34. The van der Waals surface area contributed by atoms with E-state index in [-0.39, 0.29) is 21.5 Å². The molecule has 1 rings (SSSR count). The molecule has 0 amide bonds. The lowest BCUT2D eigenvalue weighted by Gasteiger charge is -2.29. The van der Waals surface area contributed by atoms with Gasteiger partial charge in [0.15, 0.2) is 0 Å². The zero-order valence-corrected chi connectivity index (χ0v) is 14.7. The summed E-state index contributed by atoms with van der Waals surface area (Å²) in [7, 11) is -4.00. The summed E-state index contributed by atoms with van der Waals surface area (Å²) in [5.41, 5.74) is 4.48. The van der Waals surface area contributed by atoms with Crippen LogP contribution in [0.2, 0.25) is 0 Å². The molecule has 0 saturated heterocycles. The van der Waals surface area contributed by atoms with Crippen molar-refractivity contribution in [2.45, 2.75) is 23.8 Å². The van der Waals surface area contributed by atoms with E-state index in [0.29, 0.717) is 4.47 Å². The molecule has 0 radical (unpaired) electrons. The number of benzene rings is 1. The Labute approximate surface area is 134 Å². The van der Waals surface area contributed by atoms with Gasteiger partial charge in [-0.05, 0) is 34.5 Å². The summed E-state index contributed by atoms with van der Waals surface area (Å²) in [6.07, 6.45) is 0.229. The van der Waals surface area contributed by atoms with E-state index in [1.54, 1.807) is 13.0 Å². The first-order valence-electron chi connectivity index (χ1n) is 5.71. The summed E-state index contributed by atoms with van der Waals surface area (Å²) in [5.74, 6) is 0. The second-order valence-electron chi connectivity index (χ2n) is 4.36. The van der Waals surface area contributed by atoms with E-state index < -0.39 is 28.8 Å². The predicted octanol–water partition coefficient (Wildman–Crippen LogP) is 1.21. The predicted molar refractivity (Wildman–Crippen MR) is 83.8 cm³/mol. The molecule has 0 unspecified atom stereocenters. The summed E-state index contributed by atoms with van der Waals surface area (Å²) in [5, 5.41) is 18.7. The standard InChI is InChI=1S/C11H16Br2N2O4S/c1-2-11(5-16,6-17)15-20(18,19)10-8(13)3-7(12)4-9(10)14/h3-4,15-17H,2,5-6,14H2,1H3. The van der Waals surface area contributed by atoms with E-state index in [0.717, 1.165) is 0 Å². The number of hydrogen-bond acceptors (Lipinski definition) is 5. The Bertz CT molecular complexity index is 557. The summed E-state index contributed by atoms with van der Waals surface area (Å²) in [6.45, 7) is 0.621. The molecule has 1 aromatic rings. The average Bonchev–Trinajstić information content (AvgIpc) is 2.34. The van der Waals surface area contributed by atoms with Crippen molar-refractivity contribution in [3.05, 3.63) is 21.1 Å². The topological polar surface area (TPSA) is 113 Å². The molecule has 114 valence electrons. The summed E-state index contributed by atoms with van der Waals surface area (Å²) in [4.78, 5) is -0.125. The van der Waals surface area contributed by atoms with Gasteiger partial charge in [0, 0.05) is 8.95 Å². The monoisotopic (exact) mass is 430 g/mol. The fourth-order valence-corrected chi connectivity index (χ4v) is 5.14. The van der Waals surface area contributed by atoms with Crippen molar-refractivity contribution in [2.75, 3.05) is 18.9 Å². The van der Waals surface area contributed by atoms with Crippen LogP contribution in [-0.4, -0.2) is 37.4 Å². The fraction of sp³-hybridized carbons (Fsp3) is 0.455. The Morgan fingerprint density at radius 3 is 2.25 bits per heavy atom. The first-order valence-corrected chi connectivity index (χ1v) is 8.78. The van der Waals surface area contributed by atoms with Gasteiger partial charge in [-0.15, -0.1) is 0 Å². The van der Waals surface area contributed by atoms with Crippen LogP contribution in [0.3, 0.4) is 0 Å². The van der Waals surface area contributed by atoms with Gasteiger partial charge in [0.1, 0.15) is 4.90 Å². The van der Waals surface area contributed by atoms with Crippen LogP contribution in [0.5, 0.6) is 0 Å². The molecule has 0 bridgehead atoms. The average molecular weight is 432 g/mol. The van der Waals surface area contributed by atoms with Gasteiger partial charge in [0.05, 0.1) is 24.4 Å². The van der Waals surface area contributed by atoms with Crippen molar-refractivity contribution in [3.63, 3.8) is 0 Å². The molecule has 0 spiro atoms. The molecule has 0 aliphatic heterocycles. The Balaban J connectivity index is 3.32. The van der Waals surface area contributed by atoms with Crippen LogP contribution in [0.1, 0.15) is 13.3 Å². The molecule has 0 aliphatic rings. The zero-order valence-electron chi connectivity index (χ0n) is 10.7. The van der Waals surface area contributed by atoms with Crippen molar-refractivity contribution in [3.8, 4) is 0 Å². The largest absolute Gasteiger partial charge is 0.398 e. The van der Waals surface area contributed by atoms with E-state index in [2.05, 4.69) is 36.6 Å². The molecular formula is C11H16Br2N2O4S. The molecule has 0 aromatic heterocycles. The van der Waals surface area contributed by atoms with Gasteiger partial charge >= 0.3 is 0 Å². The lowest BCUT2D eigenvalue weighted by atomic mass is 10.0. The highest BCUT2D eigenvalue weighted by molar-refractivity contribution is 9.11. The second kappa shape index (κ2) is 6.71. The lowest BCUT2D eigenvalue weighted by molar-refractivity contribution is 0.105. The quantitative estimate of drug-likeness (QED) is 0.505. The molecule has 20 heavy (non-hydrogen) atoms. The number of sulfonamides is 1. The number of rotatable bonds is 6. The lowest BCUT2D eigenvalue weighted by Crippen LogP contribution is -2.53. The van der Waals surface area contributed by atoms with Crippen LogP contribution in [0.15, 0.2) is 26.0 Å². The van der Waals surface area contributed by atoms with Crippen LogP contribution < -0.4 is 10.5 Å². The molecule has 0 aliphatic carbocycles. The number of hydrogen-bond donors (Lipinski definition) is 4. The summed E-state index contributed by atoms with van der Waals surface area (Å²) >= 11 is 6.36. The Hall–Kier alpha value is -0.190.